The first-order valence-electron chi connectivity index (χ1n) is 8.71. The lowest BCUT2D eigenvalue weighted by atomic mass is 10.1. The van der Waals surface area contributed by atoms with Gasteiger partial charge in [-0.05, 0) is 85.8 Å². The second-order valence-electron chi connectivity index (χ2n) is 7.05. The molecule has 0 saturated heterocycles. The van der Waals surface area contributed by atoms with Crippen molar-refractivity contribution >= 4 is 6.16 Å². The molecule has 2 aliphatic rings. The summed E-state index contributed by atoms with van der Waals surface area (Å²) in [7, 11) is 0. The minimum atomic E-state index is -0.681. The maximum absolute atomic E-state index is 12.1. The van der Waals surface area contributed by atoms with E-state index in [0.29, 0.717) is 23.3 Å². The lowest BCUT2D eigenvalue weighted by Gasteiger charge is -2.11. The zero-order chi connectivity index (χ0) is 16.7. The van der Waals surface area contributed by atoms with E-state index in [2.05, 4.69) is 12.1 Å². The van der Waals surface area contributed by atoms with Crippen molar-refractivity contribution in [2.45, 2.75) is 51.4 Å². The van der Waals surface area contributed by atoms with Crippen LogP contribution in [-0.4, -0.2) is 6.16 Å². The van der Waals surface area contributed by atoms with Crippen LogP contribution in [0.15, 0.2) is 36.4 Å². The molecule has 2 aromatic carbocycles. The van der Waals surface area contributed by atoms with E-state index in [4.69, 9.17) is 9.47 Å². The number of carbonyl (C=O) groups is 1. The van der Waals surface area contributed by atoms with Crippen LogP contribution in [0.3, 0.4) is 0 Å². The molecular formula is C21H22O3. The summed E-state index contributed by atoms with van der Waals surface area (Å²) in [6.07, 6.45) is 4.37. The van der Waals surface area contributed by atoms with Crippen LogP contribution in [0.5, 0.6) is 11.5 Å². The van der Waals surface area contributed by atoms with Gasteiger partial charge in [-0.1, -0.05) is 24.3 Å². The fraction of sp³-hybridized carbons (Fsp3) is 0.381. The Balaban J connectivity index is 1.42. The summed E-state index contributed by atoms with van der Waals surface area (Å²) < 4.78 is 10.8. The molecule has 0 N–H and O–H groups in total. The SMILES string of the molecule is Cc1cc(C2CC2)ccc1OC(=O)Oc1ccc(C2CC2)cc1C. The van der Waals surface area contributed by atoms with Gasteiger partial charge in [-0.2, -0.15) is 0 Å². The molecule has 2 fully saturated rings. The molecule has 0 radical (unpaired) electrons. The Hall–Kier alpha value is -2.29. The van der Waals surface area contributed by atoms with E-state index in [1.54, 1.807) is 0 Å². The Morgan fingerprint density at radius 1 is 0.792 bits per heavy atom. The first kappa shape index (κ1) is 15.3. The molecule has 0 atom stereocenters. The Labute approximate surface area is 142 Å². The van der Waals surface area contributed by atoms with Gasteiger partial charge in [-0.15, -0.1) is 0 Å². The molecule has 0 aliphatic heterocycles. The second-order valence-corrected chi connectivity index (χ2v) is 7.05. The van der Waals surface area contributed by atoms with Gasteiger partial charge in [0.05, 0.1) is 0 Å². The van der Waals surface area contributed by atoms with Gasteiger partial charge in [0, 0.05) is 0 Å². The van der Waals surface area contributed by atoms with Crippen LogP contribution < -0.4 is 9.47 Å². The molecule has 0 amide bonds. The molecule has 4 rings (SSSR count). The topological polar surface area (TPSA) is 35.5 Å². The molecule has 0 aromatic heterocycles. The molecule has 2 aliphatic carbocycles. The summed E-state index contributed by atoms with van der Waals surface area (Å²) in [5.41, 5.74) is 4.61. The van der Waals surface area contributed by atoms with Crippen LogP contribution in [0, 0.1) is 13.8 Å². The molecule has 0 unspecified atom stereocenters. The average Bonchev–Trinajstić information content (AvgIpc) is 3.44. The van der Waals surface area contributed by atoms with Crippen molar-refractivity contribution in [3.63, 3.8) is 0 Å². The van der Waals surface area contributed by atoms with Crippen LogP contribution in [0.4, 0.5) is 4.79 Å². The molecular weight excluding hydrogens is 300 g/mol. The normalized spacial score (nSPS) is 16.8. The first-order chi connectivity index (χ1) is 11.6. The maximum Gasteiger partial charge on any atom is 0.519 e. The Morgan fingerprint density at radius 2 is 1.21 bits per heavy atom. The van der Waals surface area contributed by atoms with Gasteiger partial charge >= 0.3 is 6.16 Å². The number of ether oxygens (including phenoxy) is 2. The lowest BCUT2D eigenvalue weighted by molar-refractivity contribution is 0.151. The number of rotatable bonds is 4. The predicted molar refractivity (Wildman–Crippen MR) is 93.0 cm³/mol. The molecule has 24 heavy (non-hydrogen) atoms. The number of carbonyl (C=O) groups excluding carboxylic acids is 1. The number of aryl methyl sites for hydroxylation is 2. The van der Waals surface area contributed by atoms with Crippen LogP contribution >= 0.6 is 0 Å². The van der Waals surface area contributed by atoms with E-state index in [0.717, 1.165) is 11.1 Å². The highest BCUT2D eigenvalue weighted by atomic mass is 16.7. The molecule has 3 heteroatoms. The molecule has 124 valence electrons. The minimum Gasteiger partial charge on any atom is -0.394 e. The summed E-state index contributed by atoms with van der Waals surface area (Å²) >= 11 is 0. The van der Waals surface area contributed by atoms with Gasteiger partial charge in [0.2, 0.25) is 0 Å². The summed E-state index contributed by atoms with van der Waals surface area (Å²) in [6.45, 7) is 3.92. The molecule has 2 aromatic rings. The van der Waals surface area contributed by atoms with Gasteiger partial charge in [-0.3, -0.25) is 0 Å². The number of hydrogen-bond donors (Lipinski definition) is 0. The highest BCUT2D eigenvalue weighted by molar-refractivity contribution is 5.68. The predicted octanol–water partition coefficient (Wildman–Crippen LogP) is 5.64. The third-order valence-electron chi connectivity index (χ3n) is 4.88. The average molecular weight is 322 g/mol. The van der Waals surface area contributed by atoms with Crippen molar-refractivity contribution in [3.8, 4) is 11.5 Å². The van der Waals surface area contributed by atoms with Crippen LogP contribution in [0.1, 0.15) is 59.8 Å². The van der Waals surface area contributed by atoms with Crippen molar-refractivity contribution in [3.05, 3.63) is 58.7 Å². The Bertz CT molecular complexity index is 720. The standard InChI is InChI=1S/C21H22O3/c1-13-11-17(15-3-4-15)7-9-19(13)23-21(22)24-20-10-8-18(12-14(20)2)16-5-6-16/h7-12,15-16H,3-6H2,1-2H3. The smallest absolute Gasteiger partial charge is 0.394 e. The van der Waals surface area contributed by atoms with Gasteiger partial charge in [0.1, 0.15) is 11.5 Å². The summed E-state index contributed by atoms with van der Waals surface area (Å²) in [4.78, 5) is 12.1. The van der Waals surface area contributed by atoms with Crippen molar-refractivity contribution in [2.75, 3.05) is 0 Å². The van der Waals surface area contributed by atoms with E-state index in [1.165, 1.54) is 36.8 Å². The molecule has 3 nitrogen and oxygen atoms in total. The Kier molecular flexibility index (Phi) is 3.79. The largest absolute Gasteiger partial charge is 0.519 e. The van der Waals surface area contributed by atoms with Crippen molar-refractivity contribution in [1.29, 1.82) is 0 Å². The Morgan fingerprint density at radius 3 is 1.54 bits per heavy atom. The fourth-order valence-corrected chi connectivity index (χ4v) is 3.12. The van der Waals surface area contributed by atoms with Crippen LogP contribution in [-0.2, 0) is 0 Å². The summed E-state index contributed by atoms with van der Waals surface area (Å²) in [6, 6.07) is 12.0. The quantitative estimate of drug-likeness (QED) is 0.540. The van der Waals surface area contributed by atoms with E-state index in [-0.39, 0.29) is 0 Å². The van der Waals surface area contributed by atoms with Crippen molar-refractivity contribution in [1.82, 2.24) is 0 Å². The highest BCUT2D eigenvalue weighted by Crippen LogP contribution is 2.42. The van der Waals surface area contributed by atoms with Gasteiger partial charge in [0.25, 0.3) is 0 Å². The maximum atomic E-state index is 12.1. The van der Waals surface area contributed by atoms with Crippen LogP contribution in [0.25, 0.3) is 0 Å². The van der Waals surface area contributed by atoms with E-state index in [1.807, 2.05) is 38.1 Å². The third-order valence-corrected chi connectivity index (χ3v) is 4.88. The zero-order valence-corrected chi connectivity index (χ0v) is 14.2. The van der Waals surface area contributed by atoms with E-state index < -0.39 is 6.16 Å². The van der Waals surface area contributed by atoms with E-state index >= 15 is 0 Å². The lowest BCUT2D eigenvalue weighted by Crippen LogP contribution is -2.15. The molecule has 0 heterocycles. The van der Waals surface area contributed by atoms with Crippen molar-refractivity contribution in [2.24, 2.45) is 0 Å². The highest BCUT2D eigenvalue weighted by Gasteiger charge is 2.25. The first-order valence-corrected chi connectivity index (χ1v) is 8.71. The van der Waals surface area contributed by atoms with Crippen molar-refractivity contribution < 1.29 is 14.3 Å². The van der Waals surface area contributed by atoms with Gasteiger partial charge in [-0.25, -0.2) is 4.79 Å². The number of benzene rings is 2. The summed E-state index contributed by atoms with van der Waals surface area (Å²) in [5.74, 6) is 2.52. The monoisotopic (exact) mass is 322 g/mol. The molecule has 0 bridgehead atoms. The van der Waals surface area contributed by atoms with Gasteiger partial charge < -0.3 is 9.47 Å². The second kappa shape index (κ2) is 5.97. The minimum absolute atomic E-state index is 0.566. The summed E-state index contributed by atoms with van der Waals surface area (Å²) in [5, 5.41) is 0. The zero-order valence-electron chi connectivity index (χ0n) is 14.2. The van der Waals surface area contributed by atoms with Crippen LogP contribution in [0.2, 0.25) is 0 Å². The molecule has 2 saturated carbocycles. The van der Waals surface area contributed by atoms with E-state index in [9.17, 15) is 4.79 Å². The number of hydrogen-bond acceptors (Lipinski definition) is 3. The van der Waals surface area contributed by atoms with Gasteiger partial charge in [0.15, 0.2) is 0 Å². The fourth-order valence-electron chi connectivity index (χ4n) is 3.12. The third kappa shape index (κ3) is 3.30. The molecule has 0 spiro atoms.